The summed E-state index contributed by atoms with van der Waals surface area (Å²) in [5, 5.41) is 7.45. The number of hydrogen-bond donors (Lipinski definition) is 2. The Balaban J connectivity index is 1.19. The first-order valence-corrected chi connectivity index (χ1v) is 15.8. The molecule has 2 aromatic carbocycles. The van der Waals surface area contributed by atoms with E-state index in [-0.39, 0.29) is 17.5 Å². The van der Waals surface area contributed by atoms with Crippen molar-refractivity contribution in [3.63, 3.8) is 0 Å². The highest BCUT2D eigenvalue weighted by molar-refractivity contribution is 7.91. The molecule has 198 valence electrons. The molecule has 0 radical (unpaired) electrons. The molecule has 5 aliphatic rings. The summed E-state index contributed by atoms with van der Waals surface area (Å²) in [5.74, 6) is 2.10. The van der Waals surface area contributed by atoms with Gasteiger partial charge in [-0.15, -0.1) is 0 Å². The summed E-state index contributed by atoms with van der Waals surface area (Å²) in [6.07, 6.45) is 2.05. The Hall–Kier alpha value is -2.13. The third-order valence-corrected chi connectivity index (χ3v) is 11.1. The Kier molecular flexibility index (Phi) is 5.99. The van der Waals surface area contributed by atoms with Crippen LogP contribution in [0.3, 0.4) is 0 Å². The van der Waals surface area contributed by atoms with Gasteiger partial charge in [0.1, 0.15) is 0 Å². The van der Waals surface area contributed by atoms with Gasteiger partial charge in [-0.25, -0.2) is 8.42 Å². The number of benzene rings is 2. The van der Waals surface area contributed by atoms with Crippen molar-refractivity contribution < 1.29 is 8.42 Å². The van der Waals surface area contributed by atoms with Crippen LogP contribution in [0.25, 0.3) is 0 Å². The summed E-state index contributed by atoms with van der Waals surface area (Å²) < 4.78 is 24.1. The number of anilines is 2. The molecular formula is C29H39N5O2S. The van der Waals surface area contributed by atoms with Crippen molar-refractivity contribution >= 4 is 21.2 Å². The zero-order valence-corrected chi connectivity index (χ0v) is 22.7. The Bertz CT molecular complexity index is 1280. The predicted molar refractivity (Wildman–Crippen MR) is 149 cm³/mol. The van der Waals surface area contributed by atoms with E-state index in [9.17, 15) is 8.42 Å². The minimum Gasteiger partial charge on any atom is -0.371 e. The van der Waals surface area contributed by atoms with Gasteiger partial charge < -0.3 is 25.3 Å². The van der Waals surface area contributed by atoms with Gasteiger partial charge in [-0.3, -0.25) is 0 Å². The van der Waals surface area contributed by atoms with Crippen LogP contribution >= 0.6 is 0 Å². The zero-order valence-electron chi connectivity index (χ0n) is 21.9. The van der Waals surface area contributed by atoms with Gasteiger partial charge in [-0.05, 0) is 78.2 Å². The number of likely N-dealkylation sites (tertiary alicyclic amines) is 1. The molecule has 3 fully saturated rings. The number of fused-ring (bicyclic) bond motifs is 3. The molecule has 0 aliphatic carbocycles. The lowest BCUT2D eigenvalue weighted by molar-refractivity contribution is 0.387. The molecule has 7 rings (SSSR count). The highest BCUT2D eigenvalue weighted by atomic mass is 32.2. The first kappa shape index (κ1) is 23.9. The van der Waals surface area contributed by atoms with Crippen LogP contribution in [-0.4, -0.2) is 77.7 Å². The third kappa shape index (κ3) is 4.46. The fourth-order valence-electron chi connectivity index (χ4n) is 7.55. The Morgan fingerprint density at radius 2 is 1.65 bits per heavy atom. The molecule has 0 spiro atoms. The summed E-state index contributed by atoms with van der Waals surface area (Å²) in [6.45, 7) is 8.88. The van der Waals surface area contributed by atoms with E-state index in [1.807, 2.05) is 0 Å². The fraction of sp³-hybridized carbons (Fsp3) is 0.586. The molecular weight excluding hydrogens is 482 g/mol. The van der Waals surface area contributed by atoms with Gasteiger partial charge in [-0.2, -0.15) is 0 Å². The van der Waals surface area contributed by atoms with Crippen LogP contribution < -0.4 is 20.4 Å². The number of hydrogen-bond acceptors (Lipinski definition) is 7. The van der Waals surface area contributed by atoms with Crippen molar-refractivity contribution in [1.29, 1.82) is 0 Å². The highest BCUT2D eigenvalue weighted by Crippen LogP contribution is 2.40. The second-order valence-electron chi connectivity index (χ2n) is 11.9. The Labute approximate surface area is 221 Å². The van der Waals surface area contributed by atoms with E-state index in [2.05, 4.69) is 62.7 Å². The second kappa shape index (κ2) is 9.26. The molecule has 7 nitrogen and oxygen atoms in total. The second-order valence-corrected chi connectivity index (χ2v) is 14.2. The quantitative estimate of drug-likeness (QED) is 0.640. The van der Waals surface area contributed by atoms with Gasteiger partial charge in [0, 0.05) is 69.8 Å². The lowest BCUT2D eigenvalue weighted by Gasteiger charge is -2.35. The maximum atomic E-state index is 12.0. The maximum Gasteiger partial charge on any atom is 0.153 e. The van der Waals surface area contributed by atoms with Crippen LogP contribution in [0.2, 0.25) is 0 Å². The molecule has 3 saturated heterocycles. The van der Waals surface area contributed by atoms with Crippen LogP contribution in [0.5, 0.6) is 0 Å². The van der Waals surface area contributed by atoms with Crippen molar-refractivity contribution in [3.05, 3.63) is 58.1 Å². The SMILES string of the molecule is CN1CC2CN(c3cc(C4Cc5c(cccc5N5CCS(=O)(=O)CC5)CN4)cc4c3CCNC4)CC2C1. The van der Waals surface area contributed by atoms with Crippen molar-refractivity contribution in [3.8, 4) is 0 Å². The van der Waals surface area contributed by atoms with Crippen molar-refractivity contribution in [2.75, 3.05) is 74.2 Å². The molecule has 2 N–H and O–H groups in total. The molecule has 3 unspecified atom stereocenters. The molecule has 8 heteroatoms. The lowest BCUT2D eigenvalue weighted by atomic mass is 9.87. The monoisotopic (exact) mass is 521 g/mol. The summed E-state index contributed by atoms with van der Waals surface area (Å²) in [7, 11) is -0.632. The summed E-state index contributed by atoms with van der Waals surface area (Å²) in [4.78, 5) is 7.50. The van der Waals surface area contributed by atoms with Gasteiger partial charge in [0.25, 0.3) is 0 Å². The minimum absolute atomic E-state index is 0.257. The molecule has 37 heavy (non-hydrogen) atoms. The number of nitrogens with one attached hydrogen (secondary N) is 2. The molecule has 2 aromatic rings. The predicted octanol–water partition coefficient (Wildman–Crippen LogP) is 1.95. The molecule has 0 aromatic heterocycles. The van der Waals surface area contributed by atoms with Gasteiger partial charge in [-0.1, -0.05) is 18.2 Å². The molecule has 0 amide bonds. The van der Waals surface area contributed by atoms with Gasteiger partial charge in [0.2, 0.25) is 0 Å². The van der Waals surface area contributed by atoms with Crippen LogP contribution in [-0.2, 0) is 35.8 Å². The van der Waals surface area contributed by atoms with E-state index in [0.29, 0.717) is 13.1 Å². The molecule has 5 heterocycles. The highest BCUT2D eigenvalue weighted by Gasteiger charge is 2.40. The van der Waals surface area contributed by atoms with E-state index in [4.69, 9.17) is 0 Å². The van der Waals surface area contributed by atoms with Crippen molar-refractivity contribution in [1.82, 2.24) is 15.5 Å². The van der Waals surface area contributed by atoms with Crippen LogP contribution in [0.1, 0.15) is 33.9 Å². The average molecular weight is 522 g/mol. The Morgan fingerprint density at radius 3 is 2.43 bits per heavy atom. The van der Waals surface area contributed by atoms with E-state index in [1.165, 1.54) is 59.8 Å². The summed E-state index contributed by atoms with van der Waals surface area (Å²) in [5.41, 5.74) is 9.87. The first-order valence-electron chi connectivity index (χ1n) is 14.0. The molecule has 3 atom stereocenters. The normalized spacial score (nSPS) is 29.2. The summed E-state index contributed by atoms with van der Waals surface area (Å²) in [6, 6.07) is 11.8. The molecule has 0 bridgehead atoms. The largest absolute Gasteiger partial charge is 0.371 e. The maximum absolute atomic E-state index is 12.0. The van der Waals surface area contributed by atoms with E-state index in [0.717, 1.165) is 44.3 Å². The number of rotatable bonds is 3. The Morgan fingerprint density at radius 1 is 0.865 bits per heavy atom. The minimum atomic E-state index is -2.90. The fourth-order valence-corrected chi connectivity index (χ4v) is 8.75. The average Bonchev–Trinajstić information content (AvgIpc) is 3.45. The van der Waals surface area contributed by atoms with Crippen molar-refractivity contribution in [2.24, 2.45) is 11.8 Å². The standard InChI is InChI=1S/C29H39N5O2S/c1-32-16-23-18-34(19-24(23)17-32)29-12-21(11-22-14-30-6-5-25(22)29)27-13-26-20(15-31-27)3-2-4-28(26)33-7-9-37(35,36)10-8-33/h2-4,11-12,23-24,27,30-31H,5-10,13-19H2,1H3. The number of nitrogens with zero attached hydrogens (tertiary/aromatic N) is 3. The van der Waals surface area contributed by atoms with E-state index < -0.39 is 9.84 Å². The first-order chi connectivity index (χ1) is 17.9. The third-order valence-electron chi connectivity index (χ3n) is 9.50. The van der Waals surface area contributed by atoms with E-state index >= 15 is 0 Å². The molecule has 5 aliphatic heterocycles. The van der Waals surface area contributed by atoms with Gasteiger partial charge in [0.05, 0.1) is 11.5 Å². The van der Waals surface area contributed by atoms with Crippen molar-refractivity contribution in [2.45, 2.75) is 32.0 Å². The zero-order chi connectivity index (χ0) is 25.1. The molecule has 0 saturated carbocycles. The lowest BCUT2D eigenvalue weighted by Crippen LogP contribution is -2.41. The smallest absolute Gasteiger partial charge is 0.153 e. The van der Waals surface area contributed by atoms with E-state index in [1.54, 1.807) is 5.56 Å². The van der Waals surface area contributed by atoms with Crippen LogP contribution in [0.15, 0.2) is 30.3 Å². The van der Waals surface area contributed by atoms with Gasteiger partial charge in [0.15, 0.2) is 9.84 Å². The number of sulfone groups is 1. The topological polar surface area (TPSA) is 67.9 Å². The van der Waals surface area contributed by atoms with Crippen LogP contribution in [0, 0.1) is 11.8 Å². The summed E-state index contributed by atoms with van der Waals surface area (Å²) >= 11 is 0. The van der Waals surface area contributed by atoms with Crippen LogP contribution in [0.4, 0.5) is 11.4 Å². The van der Waals surface area contributed by atoms with Gasteiger partial charge >= 0.3 is 0 Å².